The van der Waals surface area contributed by atoms with Gasteiger partial charge in [0, 0.05) is 6.42 Å². The first-order valence-corrected chi connectivity index (χ1v) is 6.86. The van der Waals surface area contributed by atoms with Crippen molar-refractivity contribution in [3.8, 4) is 11.5 Å². The number of benzene rings is 2. The molecule has 3 heteroatoms. The van der Waals surface area contributed by atoms with E-state index in [9.17, 15) is 4.79 Å². The summed E-state index contributed by atoms with van der Waals surface area (Å²) in [6.45, 7) is 3.75. The lowest BCUT2D eigenvalue weighted by Gasteiger charge is -2.10. The van der Waals surface area contributed by atoms with Crippen LogP contribution in [0.4, 0.5) is 0 Å². The first-order valence-electron chi connectivity index (χ1n) is 6.86. The Labute approximate surface area is 124 Å². The molecule has 0 radical (unpaired) electrons. The van der Waals surface area contributed by atoms with Gasteiger partial charge in [-0.3, -0.25) is 4.79 Å². The maximum atomic E-state index is 10.5. The van der Waals surface area contributed by atoms with Gasteiger partial charge < -0.3 is 9.84 Å². The molecule has 0 aliphatic carbocycles. The van der Waals surface area contributed by atoms with Crippen LogP contribution in [0.25, 0.3) is 0 Å². The van der Waals surface area contributed by atoms with E-state index in [0.29, 0.717) is 6.42 Å². The van der Waals surface area contributed by atoms with E-state index in [-0.39, 0.29) is 6.42 Å². The van der Waals surface area contributed by atoms with E-state index >= 15 is 0 Å². The fourth-order valence-corrected chi connectivity index (χ4v) is 2.03. The molecule has 0 saturated heterocycles. The van der Waals surface area contributed by atoms with Crippen LogP contribution in [-0.4, -0.2) is 11.1 Å². The highest BCUT2D eigenvalue weighted by Gasteiger charge is 2.04. The molecule has 0 heterocycles. The number of carbonyl (C=O) groups is 1. The van der Waals surface area contributed by atoms with E-state index in [1.165, 1.54) is 0 Å². The van der Waals surface area contributed by atoms with Crippen LogP contribution >= 0.6 is 0 Å². The first-order chi connectivity index (χ1) is 10.2. The molecule has 0 saturated carbocycles. The molecule has 0 aromatic heterocycles. The predicted molar refractivity (Wildman–Crippen MR) is 82.8 cm³/mol. The van der Waals surface area contributed by atoms with Gasteiger partial charge in [-0.2, -0.15) is 0 Å². The number of hydrogen-bond donors (Lipinski definition) is 1. The van der Waals surface area contributed by atoms with Crippen LogP contribution in [0.2, 0.25) is 0 Å². The Bertz CT molecular complexity index is 615. The standard InChI is InChI=1S/C18H18O3/c1-2-5-15-6-3-4-7-17(15)21-16-11-8-14(9-12-16)10-13-18(19)20/h2-4,6-9,11-12H,1,5,10,13H2,(H,19,20). The molecule has 0 unspecified atom stereocenters. The third-order valence-corrected chi connectivity index (χ3v) is 3.12. The van der Waals surface area contributed by atoms with Crippen molar-refractivity contribution < 1.29 is 14.6 Å². The smallest absolute Gasteiger partial charge is 0.303 e. The molecular formula is C18H18O3. The van der Waals surface area contributed by atoms with Crippen LogP contribution in [0, 0.1) is 0 Å². The number of aryl methyl sites for hydroxylation is 1. The van der Waals surface area contributed by atoms with E-state index < -0.39 is 5.97 Å². The minimum atomic E-state index is -0.784. The number of allylic oxidation sites excluding steroid dienone is 1. The number of hydrogen-bond acceptors (Lipinski definition) is 2. The average molecular weight is 282 g/mol. The minimum Gasteiger partial charge on any atom is -0.481 e. The van der Waals surface area contributed by atoms with E-state index in [1.54, 1.807) is 0 Å². The Morgan fingerprint density at radius 3 is 2.52 bits per heavy atom. The molecule has 0 atom stereocenters. The molecule has 0 fully saturated rings. The van der Waals surface area contributed by atoms with Gasteiger partial charge >= 0.3 is 5.97 Å². The highest BCUT2D eigenvalue weighted by molar-refractivity contribution is 5.67. The van der Waals surface area contributed by atoms with Gasteiger partial charge in [0.1, 0.15) is 11.5 Å². The second-order valence-electron chi connectivity index (χ2n) is 4.74. The predicted octanol–water partition coefficient (Wildman–Crippen LogP) is 4.22. The summed E-state index contributed by atoms with van der Waals surface area (Å²) in [5.41, 5.74) is 2.08. The first kappa shape index (κ1) is 14.9. The van der Waals surface area contributed by atoms with E-state index in [1.807, 2.05) is 54.6 Å². The van der Waals surface area contributed by atoms with Crippen molar-refractivity contribution >= 4 is 5.97 Å². The van der Waals surface area contributed by atoms with Gasteiger partial charge in [-0.05, 0) is 42.2 Å². The normalized spacial score (nSPS) is 10.1. The van der Waals surface area contributed by atoms with Gasteiger partial charge in [-0.15, -0.1) is 6.58 Å². The molecule has 0 spiro atoms. The number of carboxylic acids is 1. The molecule has 2 aromatic rings. The van der Waals surface area contributed by atoms with Crippen molar-refractivity contribution in [3.05, 3.63) is 72.3 Å². The van der Waals surface area contributed by atoms with Crippen LogP contribution in [0.15, 0.2) is 61.2 Å². The number of rotatable bonds is 7. The van der Waals surface area contributed by atoms with Crippen LogP contribution in [0.1, 0.15) is 17.5 Å². The summed E-state index contributed by atoms with van der Waals surface area (Å²) in [7, 11) is 0. The zero-order chi connectivity index (χ0) is 15.1. The maximum absolute atomic E-state index is 10.5. The van der Waals surface area contributed by atoms with Crippen LogP contribution in [0.3, 0.4) is 0 Å². The fourth-order valence-electron chi connectivity index (χ4n) is 2.03. The SMILES string of the molecule is C=CCc1ccccc1Oc1ccc(CCC(=O)O)cc1. The molecule has 0 bridgehead atoms. The van der Waals surface area contributed by atoms with Gasteiger partial charge in [0.25, 0.3) is 0 Å². The Kier molecular flexibility index (Phi) is 5.16. The molecule has 1 N–H and O–H groups in total. The van der Waals surface area contributed by atoms with Gasteiger partial charge in [0.2, 0.25) is 0 Å². The third-order valence-electron chi connectivity index (χ3n) is 3.12. The molecule has 0 aliphatic heterocycles. The molecule has 2 rings (SSSR count). The van der Waals surface area contributed by atoms with Crippen molar-refractivity contribution in [3.63, 3.8) is 0 Å². The highest BCUT2D eigenvalue weighted by Crippen LogP contribution is 2.26. The van der Waals surface area contributed by atoms with Crippen LogP contribution in [0.5, 0.6) is 11.5 Å². The molecule has 2 aromatic carbocycles. The molecule has 3 nitrogen and oxygen atoms in total. The van der Waals surface area contributed by atoms with E-state index in [4.69, 9.17) is 9.84 Å². The minimum absolute atomic E-state index is 0.141. The zero-order valence-corrected chi connectivity index (χ0v) is 11.8. The van der Waals surface area contributed by atoms with Gasteiger partial charge in [-0.25, -0.2) is 0 Å². The van der Waals surface area contributed by atoms with Crippen molar-refractivity contribution in [1.82, 2.24) is 0 Å². The lowest BCUT2D eigenvalue weighted by Crippen LogP contribution is -1.97. The number of carboxylic acid groups (broad SMARTS) is 1. The third kappa shape index (κ3) is 4.49. The lowest BCUT2D eigenvalue weighted by molar-refractivity contribution is -0.136. The summed E-state index contributed by atoms with van der Waals surface area (Å²) in [6, 6.07) is 15.4. The highest BCUT2D eigenvalue weighted by atomic mass is 16.5. The molecule has 0 aliphatic rings. The van der Waals surface area contributed by atoms with Gasteiger partial charge in [-0.1, -0.05) is 36.4 Å². The average Bonchev–Trinajstić information content (AvgIpc) is 2.49. The van der Waals surface area contributed by atoms with Crippen molar-refractivity contribution in [2.45, 2.75) is 19.3 Å². The summed E-state index contributed by atoms with van der Waals surface area (Å²) in [4.78, 5) is 10.5. The number of ether oxygens (including phenoxy) is 1. The second-order valence-corrected chi connectivity index (χ2v) is 4.74. The van der Waals surface area contributed by atoms with Gasteiger partial charge in [0.15, 0.2) is 0 Å². The van der Waals surface area contributed by atoms with Crippen molar-refractivity contribution in [2.75, 3.05) is 0 Å². The summed E-state index contributed by atoms with van der Waals surface area (Å²) < 4.78 is 5.88. The molecule has 21 heavy (non-hydrogen) atoms. The van der Waals surface area contributed by atoms with E-state index in [2.05, 4.69) is 6.58 Å². The quantitative estimate of drug-likeness (QED) is 0.773. The summed E-state index contributed by atoms with van der Waals surface area (Å²) >= 11 is 0. The monoisotopic (exact) mass is 282 g/mol. The second kappa shape index (κ2) is 7.29. The Morgan fingerprint density at radius 2 is 1.86 bits per heavy atom. The molecular weight excluding hydrogens is 264 g/mol. The fraction of sp³-hybridized carbons (Fsp3) is 0.167. The van der Waals surface area contributed by atoms with Crippen molar-refractivity contribution in [1.29, 1.82) is 0 Å². The lowest BCUT2D eigenvalue weighted by atomic mass is 10.1. The Morgan fingerprint density at radius 1 is 1.14 bits per heavy atom. The summed E-state index contributed by atoms with van der Waals surface area (Å²) in [6.07, 6.45) is 3.27. The Hall–Kier alpha value is -2.55. The summed E-state index contributed by atoms with van der Waals surface area (Å²) in [5, 5.41) is 8.67. The number of aliphatic carboxylic acids is 1. The van der Waals surface area contributed by atoms with Crippen LogP contribution < -0.4 is 4.74 Å². The zero-order valence-electron chi connectivity index (χ0n) is 11.8. The number of para-hydroxylation sites is 1. The van der Waals surface area contributed by atoms with Gasteiger partial charge in [0.05, 0.1) is 0 Å². The summed E-state index contributed by atoms with van der Waals surface area (Å²) in [5.74, 6) is 0.773. The van der Waals surface area contributed by atoms with Crippen LogP contribution in [-0.2, 0) is 17.6 Å². The van der Waals surface area contributed by atoms with Crippen molar-refractivity contribution in [2.24, 2.45) is 0 Å². The molecule has 108 valence electrons. The molecule has 0 amide bonds. The Balaban J connectivity index is 2.06. The maximum Gasteiger partial charge on any atom is 0.303 e. The largest absolute Gasteiger partial charge is 0.481 e. The topological polar surface area (TPSA) is 46.5 Å². The van der Waals surface area contributed by atoms with E-state index in [0.717, 1.165) is 29.0 Å².